The Morgan fingerprint density at radius 1 is 1.09 bits per heavy atom. The van der Waals surface area contributed by atoms with Gasteiger partial charge in [0.05, 0.1) is 7.11 Å². The summed E-state index contributed by atoms with van der Waals surface area (Å²) < 4.78 is 18.4. The zero-order chi connectivity index (χ0) is 15.9. The molecule has 0 aromatic heterocycles. The monoisotopic (exact) mass is 302 g/mol. The van der Waals surface area contributed by atoms with Gasteiger partial charge in [-0.15, -0.1) is 0 Å². The van der Waals surface area contributed by atoms with Crippen molar-refractivity contribution >= 4 is 0 Å². The Balaban J connectivity index is 1.99. The average Bonchev–Trinajstić information content (AvgIpc) is 2.53. The molecule has 1 atom stereocenters. The molecule has 0 spiro atoms. The average molecular weight is 302 g/mol. The van der Waals surface area contributed by atoms with Crippen molar-refractivity contribution in [3.8, 4) is 5.75 Å². The van der Waals surface area contributed by atoms with Gasteiger partial charge in [-0.2, -0.15) is 0 Å². The van der Waals surface area contributed by atoms with Crippen molar-refractivity contribution in [1.82, 2.24) is 10.2 Å². The first-order valence-corrected chi connectivity index (χ1v) is 7.36. The minimum atomic E-state index is -0.205. The molecule has 1 N–H and O–H groups in total. The Hall–Kier alpha value is -1.91. The van der Waals surface area contributed by atoms with E-state index in [1.54, 1.807) is 7.11 Å². The molecule has 0 aliphatic heterocycles. The third kappa shape index (κ3) is 4.29. The van der Waals surface area contributed by atoms with E-state index in [0.717, 1.165) is 30.0 Å². The summed E-state index contributed by atoms with van der Waals surface area (Å²) in [7, 11) is 5.73. The fraction of sp³-hybridized carbons (Fsp3) is 0.333. The molecule has 0 aliphatic rings. The molecule has 1 unspecified atom stereocenters. The molecule has 2 aromatic carbocycles. The number of halogens is 1. The van der Waals surface area contributed by atoms with Gasteiger partial charge in [0.1, 0.15) is 11.6 Å². The standard InChI is InChI=1S/C18H23FN2O/c1-21(2)17(14-8-10-16(19)11-9-14)13-20-12-15-6-4-5-7-18(15)22-3/h4-11,17,20H,12-13H2,1-3H3. The lowest BCUT2D eigenvalue weighted by Gasteiger charge is -2.25. The largest absolute Gasteiger partial charge is 0.496 e. The molecule has 118 valence electrons. The molecule has 0 radical (unpaired) electrons. The van der Waals surface area contributed by atoms with Crippen LogP contribution in [0.25, 0.3) is 0 Å². The number of benzene rings is 2. The summed E-state index contributed by atoms with van der Waals surface area (Å²) in [6.07, 6.45) is 0. The van der Waals surface area contributed by atoms with Gasteiger partial charge in [0.25, 0.3) is 0 Å². The smallest absolute Gasteiger partial charge is 0.123 e. The highest BCUT2D eigenvalue weighted by Crippen LogP contribution is 2.19. The van der Waals surface area contributed by atoms with Gasteiger partial charge in [-0.05, 0) is 37.9 Å². The normalized spacial score (nSPS) is 12.4. The fourth-order valence-corrected chi connectivity index (χ4v) is 2.48. The maximum absolute atomic E-state index is 13.1. The summed E-state index contributed by atoms with van der Waals surface area (Å²) in [4.78, 5) is 2.13. The van der Waals surface area contributed by atoms with Crippen molar-refractivity contribution in [2.75, 3.05) is 27.7 Å². The number of hydrogen-bond acceptors (Lipinski definition) is 3. The molecule has 0 heterocycles. The van der Waals surface area contributed by atoms with Crippen LogP contribution in [0.1, 0.15) is 17.2 Å². The number of likely N-dealkylation sites (N-methyl/N-ethyl adjacent to an activating group) is 1. The quantitative estimate of drug-likeness (QED) is 0.850. The number of para-hydroxylation sites is 1. The lowest BCUT2D eigenvalue weighted by Crippen LogP contribution is -2.30. The molecule has 0 saturated heterocycles. The van der Waals surface area contributed by atoms with Crippen LogP contribution in [0, 0.1) is 5.82 Å². The van der Waals surface area contributed by atoms with E-state index < -0.39 is 0 Å². The number of ether oxygens (including phenoxy) is 1. The summed E-state index contributed by atoms with van der Waals surface area (Å²) >= 11 is 0. The van der Waals surface area contributed by atoms with Crippen LogP contribution in [-0.4, -0.2) is 32.6 Å². The van der Waals surface area contributed by atoms with Gasteiger partial charge in [0, 0.05) is 24.7 Å². The molecule has 3 nitrogen and oxygen atoms in total. The second kappa shape index (κ2) is 7.92. The molecule has 22 heavy (non-hydrogen) atoms. The summed E-state index contributed by atoms with van der Waals surface area (Å²) in [5, 5.41) is 3.46. The number of nitrogens with one attached hydrogen (secondary N) is 1. The van der Waals surface area contributed by atoms with E-state index in [9.17, 15) is 4.39 Å². The van der Waals surface area contributed by atoms with Gasteiger partial charge >= 0.3 is 0 Å². The summed E-state index contributed by atoms with van der Waals surface area (Å²) in [5.74, 6) is 0.682. The SMILES string of the molecule is COc1ccccc1CNCC(c1ccc(F)cc1)N(C)C. The third-order valence-electron chi connectivity index (χ3n) is 3.72. The Labute approximate surface area is 131 Å². The van der Waals surface area contributed by atoms with Gasteiger partial charge in [-0.3, -0.25) is 0 Å². The zero-order valence-electron chi connectivity index (χ0n) is 13.3. The zero-order valence-corrected chi connectivity index (χ0v) is 13.3. The molecular formula is C18H23FN2O. The number of nitrogens with zero attached hydrogens (tertiary/aromatic N) is 1. The highest BCUT2D eigenvalue weighted by Gasteiger charge is 2.14. The van der Waals surface area contributed by atoms with Gasteiger partial charge in [0.2, 0.25) is 0 Å². The van der Waals surface area contributed by atoms with Crippen molar-refractivity contribution in [3.63, 3.8) is 0 Å². The molecule has 2 aromatic rings. The first-order chi connectivity index (χ1) is 10.6. The van der Waals surface area contributed by atoms with E-state index in [1.165, 1.54) is 12.1 Å². The Morgan fingerprint density at radius 2 is 1.77 bits per heavy atom. The second-order valence-electron chi connectivity index (χ2n) is 5.47. The van der Waals surface area contributed by atoms with Crippen molar-refractivity contribution in [2.45, 2.75) is 12.6 Å². The number of rotatable bonds is 7. The highest BCUT2D eigenvalue weighted by atomic mass is 19.1. The van der Waals surface area contributed by atoms with E-state index in [2.05, 4.69) is 10.2 Å². The molecular weight excluding hydrogens is 279 g/mol. The Kier molecular flexibility index (Phi) is 5.92. The minimum absolute atomic E-state index is 0.190. The van der Waals surface area contributed by atoms with Crippen LogP contribution >= 0.6 is 0 Å². The molecule has 4 heteroatoms. The lowest BCUT2D eigenvalue weighted by atomic mass is 10.1. The van der Waals surface area contributed by atoms with Crippen molar-refractivity contribution in [1.29, 1.82) is 0 Å². The minimum Gasteiger partial charge on any atom is -0.496 e. The first kappa shape index (κ1) is 16.5. The van der Waals surface area contributed by atoms with E-state index in [1.807, 2.05) is 50.5 Å². The lowest BCUT2D eigenvalue weighted by molar-refractivity contribution is 0.287. The number of hydrogen-bond donors (Lipinski definition) is 1. The molecule has 0 saturated carbocycles. The van der Waals surface area contributed by atoms with Crippen LogP contribution in [0.3, 0.4) is 0 Å². The van der Waals surface area contributed by atoms with Crippen LogP contribution < -0.4 is 10.1 Å². The summed E-state index contributed by atoms with van der Waals surface area (Å²) in [5.41, 5.74) is 2.22. The Morgan fingerprint density at radius 3 is 2.41 bits per heavy atom. The predicted octanol–water partition coefficient (Wildman–Crippen LogP) is 3.23. The van der Waals surface area contributed by atoms with Crippen molar-refractivity contribution in [3.05, 3.63) is 65.5 Å². The molecule has 0 amide bonds. The molecule has 2 rings (SSSR count). The van der Waals surface area contributed by atoms with Crippen molar-refractivity contribution in [2.24, 2.45) is 0 Å². The van der Waals surface area contributed by atoms with Gasteiger partial charge in [-0.1, -0.05) is 30.3 Å². The van der Waals surface area contributed by atoms with Gasteiger partial charge in [0.15, 0.2) is 0 Å². The maximum atomic E-state index is 13.1. The topological polar surface area (TPSA) is 24.5 Å². The maximum Gasteiger partial charge on any atom is 0.123 e. The number of methoxy groups -OCH3 is 1. The van der Waals surface area contributed by atoms with Gasteiger partial charge < -0.3 is 15.0 Å². The second-order valence-corrected chi connectivity index (χ2v) is 5.47. The van der Waals surface area contributed by atoms with Crippen molar-refractivity contribution < 1.29 is 9.13 Å². The summed E-state index contributed by atoms with van der Waals surface area (Å²) in [6, 6.07) is 14.9. The van der Waals surface area contributed by atoms with Crippen LogP contribution in [0.2, 0.25) is 0 Å². The highest BCUT2D eigenvalue weighted by molar-refractivity contribution is 5.33. The van der Waals surface area contributed by atoms with E-state index in [0.29, 0.717) is 0 Å². The van der Waals surface area contributed by atoms with Crippen LogP contribution in [-0.2, 0) is 6.54 Å². The molecule has 0 bridgehead atoms. The van der Waals surface area contributed by atoms with Gasteiger partial charge in [-0.25, -0.2) is 4.39 Å². The van der Waals surface area contributed by atoms with E-state index >= 15 is 0 Å². The van der Waals surface area contributed by atoms with Crippen LogP contribution in [0.5, 0.6) is 5.75 Å². The van der Waals surface area contributed by atoms with Crippen LogP contribution in [0.4, 0.5) is 4.39 Å². The first-order valence-electron chi connectivity index (χ1n) is 7.36. The van der Waals surface area contributed by atoms with Crippen LogP contribution in [0.15, 0.2) is 48.5 Å². The summed E-state index contributed by atoms with van der Waals surface area (Å²) in [6.45, 7) is 1.51. The van der Waals surface area contributed by atoms with E-state index in [-0.39, 0.29) is 11.9 Å². The third-order valence-corrected chi connectivity index (χ3v) is 3.72. The molecule has 0 aliphatic carbocycles. The van der Waals surface area contributed by atoms with E-state index in [4.69, 9.17) is 4.74 Å². The predicted molar refractivity (Wildman–Crippen MR) is 87.5 cm³/mol. The Bertz CT molecular complexity index is 584. The molecule has 0 fully saturated rings. The fourth-order valence-electron chi connectivity index (χ4n) is 2.48.